The van der Waals surface area contributed by atoms with Crippen molar-refractivity contribution in [3.63, 3.8) is 0 Å². The predicted octanol–water partition coefficient (Wildman–Crippen LogP) is 4.54. The number of methoxy groups -OCH3 is 1. The van der Waals surface area contributed by atoms with E-state index in [9.17, 15) is 14.7 Å². The van der Waals surface area contributed by atoms with E-state index in [0.29, 0.717) is 46.5 Å². The summed E-state index contributed by atoms with van der Waals surface area (Å²) in [5.74, 6) is 0.812. The first kappa shape index (κ1) is 28.8. The van der Waals surface area contributed by atoms with Crippen LogP contribution in [0.25, 0.3) is 0 Å². The maximum absolute atomic E-state index is 12.3. The number of aromatic carboxylic acids is 1. The van der Waals surface area contributed by atoms with Crippen LogP contribution >= 0.6 is 24.0 Å². The fraction of sp³-hybridized carbons (Fsp3) is 0.522. The first-order valence-corrected chi connectivity index (χ1v) is 15.5. The summed E-state index contributed by atoms with van der Waals surface area (Å²) in [5, 5.41) is 16.3. The second-order valence-corrected chi connectivity index (χ2v) is 15.7. The van der Waals surface area contributed by atoms with Crippen molar-refractivity contribution in [3.05, 3.63) is 34.5 Å². The van der Waals surface area contributed by atoms with Crippen molar-refractivity contribution in [3.8, 4) is 11.5 Å². The topological polar surface area (TPSA) is 124 Å². The van der Waals surface area contributed by atoms with Crippen molar-refractivity contribution in [2.24, 2.45) is 0 Å². The Morgan fingerprint density at radius 3 is 2.43 bits per heavy atom. The second-order valence-electron chi connectivity index (χ2n) is 9.51. The number of rotatable bonds is 11. The van der Waals surface area contributed by atoms with E-state index in [4.69, 9.17) is 25.9 Å². The fourth-order valence-corrected chi connectivity index (χ4v) is 5.00. The molecule has 2 aromatic rings. The number of aromatic nitrogens is 2. The van der Waals surface area contributed by atoms with Crippen molar-refractivity contribution in [2.45, 2.75) is 58.5 Å². The Balaban J connectivity index is 2.17. The fourth-order valence-electron chi connectivity index (χ4n) is 2.93. The Morgan fingerprint density at radius 1 is 1.26 bits per heavy atom. The maximum atomic E-state index is 12.3. The Morgan fingerprint density at radius 2 is 1.91 bits per heavy atom. The molecule has 0 fully saturated rings. The van der Waals surface area contributed by atoms with Crippen molar-refractivity contribution >= 4 is 49.0 Å². The number of thioether (sulfide) groups is 1. The number of benzene rings is 1. The molecule has 192 valence electrons. The third kappa shape index (κ3) is 7.04. The summed E-state index contributed by atoms with van der Waals surface area (Å²) in [7, 11) is -0.734. The van der Waals surface area contributed by atoms with E-state index in [0.717, 1.165) is 0 Å². The van der Waals surface area contributed by atoms with Crippen LogP contribution < -0.4 is 14.5 Å². The molecule has 12 heteroatoms. The predicted molar refractivity (Wildman–Crippen MR) is 142 cm³/mol. The van der Waals surface area contributed by atoms with Gasteiger partial charge in [0, 0.05) is 35.2 Å². The zero-order valence-electron chi connectivity index (χ0n) is 21.4. The third-order valence-electron chi connectivity index (χ3n) is 5.92. The van der Waals surface area contributed by atoms with E-state index in [-0.39, 0.29) is 21.4 Å². The standard InChI is InChI=1S/C23H33N3O6S2Si/c1-13-16(30-6)11-17(32-35(7,8)23(3,4)5)15(18(13)22(28)29)12-34-10-9-24-20(27)19(33)21-25-14(2)26-31-21/h11H,9-10,12H2,1-8H3,(H,24,27)(H,28,29). The molecule has 0 radical (unpaired) electrons. The molecule has 0 unspecified atom stereocenters. The Labute approximate surface area is 216 Å². The molecule has 1 aromatic carbocycles. The van der Waals surface area contributed by atoms with Crippen molar-refractivity contribution in [1.82, 2.24) is 15.5 Å². The molecule has 35 heavy (non-hydrogen) atoms. The van der Waals surface area contributed by atoms with Crippen LogP contribution in [0.2, 0.25) is 18.1 Å². The third-order valence-corrected chi connectivity index (χ3v) is 11.6. The molecule has 0 aliphatic carbocycles. The molecule has 2 N–H and O–H groups in total. The Bertz CT molecular complexity index is 1110. The average Bonchev–Trinajstić information content (AvgIpc) is 3.19. The Hall–Kier alpha value is -2.44. The number of thiocarbonyl (C=S) groups is 1. The normalized spacial score (nSPS) is 11.8. The SMILES string of the molecule is COc1cc(O[Si](C)(C)C(C)(C)C)c(CSCCNC(=O)C(=S)c2nc(C)no2)c(C(=O)O)c1C. The van der Waals surface area contributed by atoms with Crippen LogP contribution in [-0.4, -0.2) is 59.7 Å². The first-order valence-electron chi connectivity index (χ1n) is 11.0. The number of aryl methyl sites for hydroxylation is 1. The smallest absolute Gasteiger partial charge is 0.336 e. The number of carboxylic acid groups (broad SMARTS) is 1. The lowest BCUT2D eigenvalue weighted by atomic mass is 10.0. The number of ether oxygens (including phenoxy) is 1. The minimum Gasteiger partial charge on any atom is -0.543 e. The van der Waals surface area contributed by atoms with Gasteiger partial charge in [0.1, 0.15) is 11.5 Å². The van der Waals surface area contributed by atoms with Crippen LogP contribution in [0.3, 0.4) is 0 Å². The number of carbonyl (C=O) groups is 2. The molecule has 0 bridgehead atoms. The number of nitrogens with zero attached hydrogens (tertiary/aromatic N) is 2. The van der Waals surface area contributed by atoms with Gasteiger partial charge in [0.2, 0.25) is 8.32 Å². The minimum absolute atomic E-state index is 0.00915. The molecule has 1 amide bonds. The summed E-state index contributed by atoms with van der Waals surface area (Å²) in [6.07, 6.45) is 0. The number of hydrogen-bond donors (Lipinski definition) is 2. The van der Waals surface area contributed by atoms with Gasteiger partial charge in [-0.25, -0.2) is 4.79 Å². The lowest BCUT2D eigenvalue weighted by Crippen LogP contribution is -2.44. The molecule has 9 nitrogen and oxygen atoms in total. The number of nitrogens with one attached hydrogen (secondary N) is 1. The van der Waals surface area contributed by atoms with Crippen molar-refractivity contribution in [1.29, 1.82) is 0 Å². The molecule has 0 aliphatic rings. The highest BCUT2D eigenvalue weighted by Crippen LogP contribution is 2.42. The molecule has 0 spiro atoms. The van der Waals surface area contributed by atoms with E-state index in [1.165, 1.54) is 18.9 Å². The van der Waals surface area contributed by atoms with Gasteiger partial charge in [-0.05, 0) is 32.0 Å². The largest absolute Gasteiger partial charge is 0.543 e. The number of carbonyl (C=O) groups excluding carboxylic acids is 1. The summed E-state index contributed by atoms with van der Waals surface area (Å²) in [5.41, 5.74) is 1.34. The lowest BCUT2D eigenvalue weighted by Gasteiger charge is -2.37. The van der Waals surface area contributed by atoms with E-state index < -0.39 is 20.2 Å². The van der Waals surface area contributed by atoms with E-state index in [1.807, 2.05) is 0 Å². The zero-order chi connectivity index (χ0) is 26.6. The highest BCUT2D eigenvalue weighted by molar-refractivity contribution is 7.98. The van der Waals surface area contributed by atoms with Crippen molar-refractivity contribution in [2.75, 3.05) is 19.4 Å². The van der Waals surface area contributed by atoms with Gasteiger partial charge in [-0.3, -0.25) is 4.79 Å². The first-order chi connectivity index (χ1) is 16.2. The van der Waals surface area contributed by atoms with Crippen LogP contribution in [0.4, 0.5) is 0 Å². The molecular weight excluding hydrogens is 506 g/mol. The van der Waals surface area contributed by atoms with Gasteiger partial charge < -0.3 is 24.1 Å². The highest BCUT2D eigenvalue weighted by atomic mass is 32.2. The molecule has 1 heterocycles. The summed E-state index contributed by atoms with van der Waals surface area (Å²) in [6, 6.07) is 1.78. The van der Waals surface area contributed by atoms with Gasteiger partial charge in [0.15, 0.2) is 10.7 Å². The number of carboxylic acids is 1. The quantitative estimate of drug-likeness (QED) is 0.182. The van der Waals surface area contributed by atoms with Gasteiger partial charge in [0.05, 0.1) is 12.7 Å². The molecule has 0 atom stereocenters. The zero-order valence-corrected chi connectivity index (χ0v) is 24.0. The Kier molecular flexibility index (Phi) is 9.48. The van der Waals surface area contributed by atoms with Gasteiger partial charge in [-0.15, -0.1) is 0 Å². The monoisotopic (exact) mass is 539 g/mol. The minimum atomic E-state index is -2.25. The van der Waals surface area contributed by atoms with Gasteiger partial charge in [-0.1, -0.05) is 38.1 Å². The van der Waals surface area contributed by atoms with Crippen LogP contribution in [0.15, 0.2) is 10.6 Å². The summed E-state index contributed by atoms with van der Waals surface area (Å²) < 4.78 is 16.9. The molecular formula is C23H33N3O6S2Si. The van der Waals surface area contributed by atoms with Crippen LogP contribution in [-0.2, 0) is 10.5 Å². The van der Waals surface area contributed by atoms with E-state index >= 15 is 0 Å². The van der Waals surface area contributed by atoms with E-state index in [1.54, 1.807) is 19.9 Å². The van der Waals surface area contributed by atoms with Crippen LogP contribution in [0.1, 0.15) is 54.0 Å². The second kappa shape index (κ2) is 11.5. The van der Waals surface area contributed by atoms with Crippen molar-refractivity contribution < 1.29 is 28.4 Å². The van der Waals surface area contributed by atoms with Gasteiger partial charge in [0.25, 0.3) is 11.8 Å². The number of hydrogen-bond acceptors (Lipinski definition) is 9. The summed E-state index contributed by atoms with van der Waals surface area (Å²) in [4.78, 5) is 28.4. The average molecular weight is 540 g/mol. The van der Waals surface area contributed by atoms with Crippen LogP contribution in [0, 0.1) is 13.8 Å². The molecule has 1 aromatic heterocycles. The molecule has 0 saturated heterocycles. The molecule has 2 rings (SSSR count). The van der Waals surface area contributed by atoms with E-state index in [2.05, 4.69) is 49.3 Å². The number of amides is 1. The van der Waals surface area contributed by atoms with Gasteiger partial charge >= 0.3 is 5.97 Å². The lowest BCUT2D eigenvalue weighted by molar-refractivity contribution is -0.114. The maximum Gasteiger partial charge on any atom is 0.336 e. The summed E-state index contributed by atoms with van der Waals surface area (Å²) >= 11 is 6.57. The molecule has 0 aliphatic heterocycles. The molecule has 0 saturated carbocycles. The van der Waals surface area contributed by atoms with Crippen LogP contribution in [0.5, 0.6) is 11.5 Å². The van der Waals surface area contributed by atoms with Gasteiger partial charge in [-0.2, -0.15) is 16.7 Å². The highest BCUT2D eigenvalue weighted by Gasteiger charge is 2.40. The summed E-state index contributed by atoms with van der Waals surface area (Å²) in [6.45, 7) is 14.3.